The van der Waals surface area contributed by atoms with Crippen molar-refractivity contribution < 1.29 is 9.53 Å². The van der Waals surface area contributed by atoms with Crippen molar-refractivity contribution in [1.82, 2.24) is 0 Å². The highest BCUT2D eigenvalue weighted by molar-refractivity contribution is 6.29. The normalized spacial score (nSPS) is 11.4. The predicted octanol–water partition coefficient (Wildman–Crippen LogP) is 3.83. The first-order valence-corrected chi connectivity index (χ1v) is 7.09. The summed E-state index contributed by atoms with van der Waals surface area (Å²) in [6.07, 6.45) is 1.68. The second-order valence-corrected chi connectivity index (χ2v) is 4.85. The van der Waals surface area contributed by atoms with E-state index in [0.717, 1.165) is 29.7 Å². The van der Waals surface area contributed by atoms with Crippen LogP contribution in [0.15, 0.2) is 18.2 Å². The van der Waals surface area contributed by atoms with Crippen molar-refractivity contribution in [3.8, 4) is 0 Å². The number of hydrogen-bond acceptors (Lipinski definition) is 2. The van der Waals surface area contributed by atoms with Gasteiger partial charge in [-0.2, -0.15) is 0 Å². The van der Waals surface area contributed by atoms with Crippen LogP contribution in [0.25, 0.3) is 0 Å². The molecule has 1 rings (SSSR count). The minimum absolute atomic E-state index is 0.0496. The number of hydrogen-bond donors (Lipinski definition) is 1. The van der Waals surface area contributed by atoms with Gasteiger partial charge in [-0.25, -0.2) is 0 Å². The molecule has 0 fully saturated rings. The Morgan fingerprint density at radius 3 is 2.47 bits per heavy atom. The van der Waals surface area contributed by atoms with Gasteiger partial charge in [0.1, 0.15) is 5.88 Å². The highest BCUT2D eigenvalue weighted by atomic mass is 35.5. The lowest BCUT2D eigenvalue weighted by Crippen LogP contribution is -2.29. The smallest absolute Gasteiger partial charge is 0.239 e. The number of anilines is 1. The first-order chi connectivity index (χ1) is 9.04. The highest BCUT2D eigenvalue weighted by Gasteiger charge is 2.31. The molecule has 0 saturated carbocycles. The number of methoxy groups -OCH3 is 1. The molecule has 106 valence electrons. The number of ether oxygens (including phenoxy) is 1. The Morgan fingerprint density at radius 2 is 2.00 bits per heavy atom. The van der Waals surface area contributed by atoms with E-state index in [-0.39, 0.29) is 17.4 Å². The molecule has 0 aliphatic heterocycles. The van der Waals surface area contributed by atoms with E-state index < -0.39 is 0 Å². The summed E-state index contributed by atoms with van der Waals surface area (Å²) in [5.74, 6) is -0.249. The van der Waals surface area contributed by atoms with Crippen molar-refractivity contribution in [3.63, 3.8) is 0 Å². The van der Waals surface area contributed by atoms with Crippen LogP contribution >= 0.6 is 11.6 Å². The molecule has 19 heavy (non-hydrogen) atoms. The molecule has 1 amide bonds. The zero-order chi connectivity index (χ0) is 14.5. The molecule has 4 heteroatoms. The summed E-state index contributed by atoms with van der Waals surface area (Å²) in [4.78, 5) is 11.6. The Balaban J connectivity index is 3.33. The average Bonchev–Trinajstić information content (AvgIpc) is 2.44. The van der Waals surface area contributed by atoms with E-state index in [1.54, 1.807) is 7.11 Å². The number of rotatable bonds is 6. The summed E-state index contributed by atoms with van der Waals surface area (Å²) in [5.41, 5.74) is 2.47. The summed E-state index contributed by atoms with van der Waals surface area (Å²) in [6.45, 7) is 6.14. The molecule has 0 bridgehead atoms. The lowest BCUT2D eigenvalue weighted by molar-refractivity contribution is -0.113. The predicted molar refractivity (Wildman–Crippen MR) is 79.8 cm³/mol. The summed E-state index contributed by atoms with van der Waals surface area (Å²) < 4.78 is 5.75. The number of alkyl halides is 1. The van der Waals surface area contributed by atoms with Gasteiger partial charge in [-0.05, 0) is 25.3 Å². The molecule has 0 radical (unpaired) electrons. The van der Waals surface area contributed by atoms with Crippen LogP contribution in [0.3, 0.4) is 0 Å². The topological polar surface area (TPSA) is 38.3 Å². The Bertz CT molecular complexity index is 434. The van der Waals surface area contributed by atoms with E-state index in [1.165, 1.54) is 0 Å². The second kappa shape index (κ2) is 6.92. The molecule has 1 aromatic rings. The zero-order valence-corrected chi connectivity index (χ0v) is 12.8. The van der Waals surface area contributed by atoms with Crippen molar-refractivity contribution in [2.24, 2.45) is 0 Å². The van der Waals surface area contributed by atoms with Gasteiger partial charge < -0.3 is 10.1 Å². The van der Waals surface area contributed by atoms with Gasteiger partial charge in [0.15, 0.2) is 0 Å². The van der Waals surface area contributed by atoms with Crippen LogP contribution in [-0.2, 0) is 15.1 Å². The SMILES string of the molecule is CCC(CC)(OC)c1cccc(C)c1NC(=O)CCl. The molecule has 0 aromatic heterocycles. The van der Waals surface area contributed by atoms with E-state index in [1.807, 2.05) is 25.1 Å². The van der Waals surface area contributed by atoms with Gasteiger partial charge in [0.05, 0.1) is 5.60 Å². The minimum atomic E-state index is -0.374. The molecule has 0 heterocycles. The third-order valence-electron chi connectivity index (χ3n) is 3.68. The van der Waals surface area contributed by atoms with Gasteiger partial charge in [0.2, 0.25) is 5.91 Å². The Morgan fingerprint density at radius 1 is 1.37 bits per heavy atom. The van der Waals surface area contributed by atoms with Gasteiger partial charge in [0.25, 0.3) is 0 Å². The van der Waals surface area contributed by atoms with E-state index in [2.05, 4.69) is 19.2 Å². The van der Waals surface area contributed by atoms with Crippen molar-refractivity contribution in [2.45, 2.75) is 39.2 Å². The quantitative estimate of drug-likeness (QED) is 0.806. The number of halogens is 1. The second-order valence-electron chi connectivity index (χ2n) is 4.58. The highest BCUT2D eigenvalue weighted by Crippen LogP contribution is 2.38. The maximum Gasteiger partial charge on any atom is 0.239 e. The van der Waals surface area contributed by atoms with Gasteiger partial charge in [-0.1, -0.05) is 32.0 Å². The van der Waals surface area contributed by atoms with Crippen molar-refractivity contribution in [1.29, 1.82) is 0 Å². The molecule has 0 saturated heterocycles. The molecule has 1 N–H and O–H groups in total. The number of aryl methyl sites for hydroxylation is 1. The Kier molecular flexibility index (Phi) is 5.83. The molecule has 0 atom stereocenters. The number of carbonyl (C=O) groups excluding carboxylic acids is 1. The van der Waals surface area contributed by atoms with Gasteiger partial charge in [-0.3, -0.25) is 4.79 Å². The number of amides is 1. The fourth-order valence-electron chi connectivity index (χ4n) is 2.42. The van der Waals surface area contributed by atoms with Crippen molar-refractivity contribution in [2.75, 3.05) is 18.3 Å². The lowest BCUT2D eigenvalue weighted by Gasteiger charge is -2.33. The van der Waals surface area contributed by atoms with Crippen LogP contribution in [0.1, 0.15) is 37.8 Å². The molecule has 0 aliphatic rings. The standard InChI is InChI=1S/C15H22ClNO2/c1-5-15(6-2,19-4)12-9-7-8-11(3)14(12)17-13(18)10-16/h7-9H,5-6,10H2,1-4H3,(H,17,18). The molecule has 0 unspecified atom stereocenters. The maximum absolute atomic E-state index is 11.6. The van der Waals surface area contributed by atoms with Gasteiger partial charge in [0, 0.05) is 18.4 Å². The van der Waals surface area contributed by atoms with E-state index in [4.69, 9.17) is 16.3 Å². The summed E-state index contributed by atoms with van der Waals surface area (Å²) in [6, 6.07) is 5.96. The number of carbonyl (C=O) groups is 1. The molecular weight excluding hydrogens is 262 g/mol. The summed E-state index contributed by atoms with van der Waals surface area (Å²) in [7, 11) is 1.71. The molecule has 3 nitrogen and oxygen atoms in total. The summed E-state index contributed by atoms with van der Waals surface area (Å²) >= 11 is 5.58. The van der Waals surface area contributed by atoms with Crippen LogP contribution in [-0.4, -0.2) is 18.9 Å². The molecular formula is C15H22ClNO2. The van der Waals surface area contributed by atoms with Crippen LogP contribution < -0.4 is 5.32 Å². The average molecular weight is 284 g/mol. The molecule has 0 aliphatic carbocycles. The van der Waals surface area contributed by atoms with Crippen molar-refractivity contribution in [3.05, 3.63) is 29.3 Å². The number of benzene rings is 1. The largest absolute Gasteiger partial charge is 0.373 e. The number of para-hydroxylation sites is 1. The van der Waals surface area contributed by atoms with Gasteiger partial charge >= 0.3 is 0 Å². The molecule has 1 aromatic carbocycles. The van der Waals surface area contributed by atoms with E-state index in [9.17, 15) is 4.79 Å². The maximum atomic E-state index is 11.6. The lowest BCUT2D eigenvalue weighted by atomic mass is 9.86. The van der Waals surface area contributed by atoms with E-state index >= 15 is 0 Å². The fraction of sp³-hybridized carbons (Fsp3) is 0.533. The third-order valence-corrected chi connectivity index (χ3v) is 3.93. The monoisotopic (exact) mass is 283 g/mol. The minimum Gasteiger partial charge on any atom is -0.373 e. The zero-order valence-electron chi connectivity index (χ0n) is 12.0. The van der Waals surface area contributed by atoms with Crippen LogP contribution in [0, 0.1) is 6.92 Å². The third kappa shape index (κ3) is 3.28. The molecule has 0 spiro atoms. The summed E-state index contributed by atoms with van der Waals surface area (Å²) in [5, 5.41) is 2.89. The first kappa shape index (κ1) is 16.0. The van der Waals surface area contributed by atoms with Gasteiger partial charge in [-0.15, -0.1) is 11.6 Å². The van der Waals surface area contributed by atoms with Crippen LogP contribution in [0.2, 0.25) is 0 Å². The fourth-order valence-corrected chi connectivity index (χ4v) is 2.48. The van der Waals surface area contributed by atoms with Crippen molar-refractivity contribution >= 4 is 23.2 Å². The number of nitrogens with one attached hydrogen (secondary N) is 1. The first-order valence-electron chi connectivity index (χ1n) is 6.55. The van der Waals surface area contributed by atoms with E-state index in [0.29, 0.717) is 0 Å². The Labute approximate surface area is 120 Å². The van der Waals surface area contributed by atoms with Crippen LogP contribution in [0.5, 0.6) is 0 Å². The van der Waals surface area contributed by atoms with Crippen LogP contribution in [0.4, 0.5) is 5.69 Å². The Hall–Kier alpha value is -1.06.